The Bertz CT molecular complexity index is 769. The third-order valence-corrected chi connectivity index (χ3v) is 5.20. The number of aryl methyl sites for hydroxylation is 2. The van der Waals surface area contributed by atoms with Gasteiger partial charge < -0.3 is 5.32 Å². The number of rotatable bonds is 3. The van der Waals surface area contributed by atoms with Crippen LogP contribution in [0.3, 0.4) is 0 Å². The third kappa shape index (κ3) is 2.91. The molecule has 0 aliphatic rings. The van der Waals surface area contributed by atoms with Crippen LogP contribution in [-0.4, -0.2) is 20.8 Å². The zero-order chi connectivity index (χ0) is 15.0. The van der Waals surface area contributed by atoms with Crippen LogP contribution in [0.4, 0.5) is 9.93 Å². The monoisotopic (exact) mass is 321 g/mol. The molecule has 0 aromatic carbocycles. The van der Waals surface area contributed by atoms with Gasteiger partial charge in [-0.25, -0.2) is 9.78 Å². The first-order valence-electron chi connectivity index (χ1n) is 6.42. The van der Waals surface area contributed by atoms with E-state index in [1.54, 1.807) is 22.2 Å². The van der Waals surface area contributed by atoms with Gasteiger partial charge in [0.1, 0.15) is 4.83 Å². The van der Waals surface area contributed by atoms with Crippen LogP contribution in [0, 0.1) is 13.8 Å². The van der Waals surface area contributed by atoms with E-state index < -0.39 is 0 Å². The predicted octanol–water partition coefficient (Wildman–Crippen LogP) is 3.03. The highest BCUT2D eigenvalue weighted by Crippen LogP contribution is 2.32. The predicted molar refractivity (Wildman–Crippen MR) is 86.0 cm³/mol. The van der Waals surface area contributed by atoms with Gasteiger partial charge in [-0.1, -0.05) is 11.3 Å². The lowest BCUT2D eigenvalue weighted by Gasteiger charge is -2.05. The van der Waals surface area contributed by atoms with Gasteiger partial charge >= 0.3 is 6.03 Å². The zero-order valence-electron chi connectivity index (χ0n) is 11.9. The first-order chi connectivity index (χ1) is 10.0. The molecule has 110 valence electrons. The SMILES string of the molecule is Cc1cc2sc(NC(=O)NCc3cnn(C)c3C)nc2s1. The fraction of sp³-hybridized carbons (Fsp3) is 0.308. The van der Waals surface area contributed by atoms with Gasteiger partial charge in [0, 0.05) is 29.7 Å². The molecule has 0 radical (unpaired) electrons. The van der Waals surface area contributed by atoms with Crippen molar-refractivity contribution >= 4 is 43.4 Å². The zero-order valence-corrected chi connectivity index (χ0v) is 13.6. The fourth-order valence-corrected chi connectivity index (χ4v) is 3.96. The molecule has 6 nitrogen and oxygen atoms in total. The van der Waals surface area contributed by atoms with Crippen LogP contribution in [0.15, 0.2) is 12.3 Å². The molecule has 0 saturated heterocycles. The maximum atomic E-state index is 11.9. The Morgan fingerprint density at radius 2 is 2.19 bits per heavy atom. The summed E-state index contributed by atoms with van der Waals surface area (Å²) in [5, 5.41) is 10.4. The summed E-state index contributed by atoms with van der Waals surface area (Å²) < 4.78 is 2.89. The molecule has 3 rings (SSSR count). The molecule has 0 aliphatic carbocycles. The number of hydrogen-bond donors (Lipinski definition) is 2. The minimum absolute atomic E-state index is 0.253. The maximum Gasteiger partial charge on any atom is 0.321 e. The Labute approximate surface area is 129 Å². The van der Waals surface area contributed by atoms with Crippen molar-refractivity contribution in [2.24, 2.45) is 7.05 Å². The van der Waals surface area contributed by atoms with E-state index >= 15 is 0 Å². The summed E-state index contributed by atoms with van der Waals surface area (Å²) in [4.78, 5) is 18.5. The molecule has 0 saturated carbocycles. The van der Waals surface area contributed by atoms with E-state index in [4.69, 9.17) is 0 Å². The number of amides is 2. The van der Waals surface area contributed by atoms with Crippen LogP contribution in [0.2, 0.25) is 0 Å². The van der Waals surface area contributed by atoms with E-state index in [1.165, 1.54) is 16.2 Å². The molecule has 0 aliphatic heterocycles. The van der Waals surface area contributed by atoms with E-state index in [9.17, 15) is 4.79 Å². The number of thiazole rings is 1. The van der Waals surface area contributed by atoms with Crippen molar-refractivity contribution < 1.29 is 4.79 Å². The number of fused-ring (bicyclic) bond motifs is 1. The van der Waals surface area contributed by atoms with Gasteiger partial charge in [0.2, 0.25) is 0 Å². The van der Waals surface area contributed by atoms with Gasteiger partial charge in [-0.2, -0.15) is 5.10 Å². The number of carbonyl (C=O) groups is 1. The maximum absolute atomic E-state index is 11.9. The summed E-state index contributed by atoms with van der Waals surface area (Å²) in [6.45, 7) is 4.47. The summed E-state index contributed by atoms with van der Waals surface area (Å²) in [5.74, 6) is 0. The van der Waals surface area contributed by atoms with Crippen molar-refractivity contribution in [3.05, 3.63) is 28.4 Å². The minimum Gasteiger partial charge on any atom is -0.334 e. The topological polar surface area (TPSA) is 71.8 Å². The Hall–Kier alpha value is -1.93. The molecule has 3 heterocycles. The van der Waals surface area contributed by atoms with Crippen LogP contribution < -0.4 is 10.6 Å². The van der Waals surface area contributed by atoms with Crippen molar-refractivity contribution in [2.45, 2.75) is 20.4 Å². The van der Waals surface area contributed by atoms with Gasteiger partial charge in [0.05, 0.1) is 10.9 Å². The average Bonchev–Trinajstić information content (AvgIpc) is 3.03. The molecule has 0 atom stereocenters. The normalized spacial score (nSPS) is 11.0. The van der Waals surface area contributed by atoms with Crippen LogP contribution in [-0.2, 0) is 13.6 Å². The second-order valence-corrected chi connectivity index (χ2v) is 7.00. The average molecular weight is 321 g/mol. The van der Waals surface area contributed by atoms with Crippen molar-refractivity contribution in [3.63, 3.8) is 0 Å². The summed E-state index contributed by atoms with van der Waals surface area (Å²) in [6.07, 6.45) is 1.76. The van der Waals surface area contributed by atoms with Gasteiger partial charge in [-0.15, -0.1) is 11.3 Å². The largest absolute Gasteiger partial charge is 0.334 e. The molecule has 8 heteroatoms. The van der Waals surface area contributed by atoms with Gasteiger partial charge in [-0.3, -0.25) is 10.00 Å². The van der Waals surface area contributed by atoms with Crippen molar-refractivity contribution in [1.82, 2.24) is 20.1 Å². The van der Waals surface area contributed by atoms with Crippen LogP contribution in [0.5, 0.6) is 0 Å². The number of carbonyl (C=O) groups excluding carboxylic acids is 1. The van der Waals surface area contributed by atoms with Crippen molar-refractivity contribution in [3.8, 4) is 0 Å². The van der Waals surface area contributed by atoms with Crippen LogP contribution in [0.25, 0.3) is 9.53 Å². The lowest BCUT2D eigenvalue weighted by molar-refractivity contribution is 0.251. The Kier molecular flexibility index (Phi) is 3.64. The third-order valence-electron chi connectivity index (χ3n) is 3.21. The van der Waals surface area contributed by atoms with E-state index in [1.807, 2.05) is 14.0 Å². The van der Waals surface area contributed by atoms with E-state index in [0.29, 0.717) is 11.7 Å². The molecule has 21 heavy (non-hydrogen) atoms. The molecule has 2 N–H and O–H groups in total. The number of nitrogens with one attached hydrogen (secondary N) is 2. The Morgan fingerprint density at radius 3 is 2.86 bits per heavy atom. The minimum atomic E-state index is -0.253. The number of nitrogens with zero attached hydrogens (tertiary/aromatic N) is 3. The summed E-state index contributed by atoms with van der Waals surface area (Å²) >= 11 is 3.12. The van der Waals surface area contributed by atoms with E-state index in [-0.39, 0.29) is 6.03 Å². The molecule has 0 fully saturated rings. The molecule has 2 amide bonds. The molecule has 0 unspecified atom stereocenters. The van der Waals surface area contributed by atoms with Gasteiger partial charge in [0.15, 0.2) is 5.13 Å². The quantitative estimate of drug-likeness (QED) is 0.779. The lowest BCUT2D eigenvalue weighted by Crippen LogP contribution is -2.28. The summed E-state index contributed by atoms with van der Waals surface area (Å²) in [5.41, 5.74) is 2.05. The smallest absolute Gasteiger partial charge is 0.321 e. The van der Waals surface area contributed by atoms with Crippen LogP contribution >= 0.6 is 22.7 Å². The number of aromatic nitrogens is 3. The molecular formula is C13H15N5OS2. The molecule has 3 aromatic heterocycles. The van der Waals surface area contributed by atoms with Crippen molar-refractivity contribution in [2.75, 3.05) is 5.32 Å². The van der Waals surface area contributed by atoms with Gasteiger partial charge in [0.25, 0.3) is 0 Å². The second-order valence-electron chi connectivity index (χ2n) is 4.73. The van der Waals surface area contributed by atoms with Crippen LogP contribution in [0.1, 0.15) is 16.1 Å². The number of hydrogen-bond acceptors (Lipinski definition) is 5. The first-order valence-corrected chi connectivity index (χ1v) is 8.05. The van der Waals surface area contributed by atoms with Crippen molar-refractivity contribution in [1.29, 1.82) is 0 Å². The lowest BCUT2D eigenvalue weighted by atomic mass is 10.2. The Balaban J connectivity index is 1.60. The first kappa shape index (κ1) is 14.0. The van der Waals surface area contributed by atoms with Gasteiger partial charge in [-0.05, 0) is 19.9 Å². The highest BCUT2D eigenvalue weighted by molar-refractivity contribution is 7.29. The molecule has 0 bridgehead atoms. The molecular weight excluding hydrogens is 306 g/mol. The highest BCUT2D eigenvalue weighted by Gasteiger charge is 2.10. The summed E-state index contributed by atoms with van der Waals surface area (Å²) in [7, 11) is 1.88. The standard InChI is InChI=1S/C13H15N5OS2/c1-7-4-10-11(20-7)16-13(21-10)17-12(19)14-5-9-6-15-18(3)8(9)2/h4,6H,5H2,1-3H3,(H2,14,16,17,19). The molecule has 3 aromatic rings. The number of anilines is 1. The second kappa shape index (κ2) is 5.45. The Morgan fingerprint density at radius 1 is 1.38 bits per heavy atom. The number of urea groups is 1. The highest BCUT2D eigenvalue weighted by atomic mass is 32.1. The van der Waals surface area contributed by atoms with E-state index in [2.05, 4.69) is 33.7 Å². The number of thiophene rings is 1. The molecule has 0 spiro atoms. The fourth-order valence-electron chi connectivity index (χ4n) is 1.94. The summed E-state index contributed by atoms with van der Waals surface area (Å²) in [6, 6.07) is 1.83. The van der Waals surface area contributed by atoms with E-state index in [0.717, 1.165) is 20.8 Å².